The number of nitrogens with zero attached hydrogens (tertiary/aromatic N) is 2. The van der Waals surface area contributed by atoms with E-state index in [1.54, 1.807) is 32.6 Å². The highest BCUT2D eigenvalue weighted by Crippen LogP contribution is 2.30. The predicted molar refractivity (Wildman–Crippen MR) is 113 cm³/mol. The molecule has 1 saturated heterocycles. The van der Waals surface area contributed by atoms with Crippen molar-refractivity contribution in [3.05, 3.63) is 29.8 Å². The minimum absolute atomic E-state index is 0.152. The number of rotatable bonds is 7. The van der Waals surface area contributed by atoms with E-state index in [0.717, 1.165) is 18.7 Å². The lowest BCUT2D eigenvalue weighted by Crippen LogP contribution is -2.54. The van der Waals surface area contributed by atoms with Crippen molar-refractivity contribution in [3.8, 4) is 5.75 Å². The summed E-state index contributed by atoms with van der Waals surface area (Å²) in [6.45, 7) is 10.6. The topological polar surface area (TPSA) is 71.1 Å². The highest BCUT2D eigenvalue weighted by molar-refractivity contribution is 5.85. The molecule has 2 rings (SSSR count). The van der Waals surface area contributed by atoms with Gasteiger partial charge < -0.3 is 19.7 Å². The van der Waals surface area contributed by atoms with Gasteiger partial charge in [0.15, 0.2) is 0 Å². The minimum Gasteiger partial charge on any atom is -0.494 e. The van der Waals surface area contributed by atoms with Crippen LogP contribution in [0.3, 0.4) is 0 Å². The van der Waals surface area contributed by atoms with Gasteiger partial charge in [-0.15, -0.1) is 0 Å². The fourth-order valence-corrected chi connectivity index (χ4v) is 3.23. The highest BCUT2D eigenvalue weighted by atomic mass is 19.4. The summed E-state index contributed by atoms with van der Waals surface area (Å²) in [6, 6.07) is 3.97. The highest BCUT2D eigenvalue weighted by Gasteiger charge is 2.30. The Morgan fingerprint density at radius 3 is 2.19 bits per heavy atom. The summed E-state index contributed by atoms with van der Waals surface area (Å²) < 4.78 is 48.4. The quantitative estimate of drug-likeness (QED) is 0.632. The maximum Gasteiger partial charge on any atom is 0.416 e. The number of halogens is 3. The standard InChI is InChI=1S/C22H32F3N3O4/c1-16(26-20(30)32-21(2,3)4)19(29)28-13-11-27(12-14-28)10-5-15-31-18-8-6-17(7-9-18)22(23,24)25/h6-9,16H,5,10-15H2,1-4H3,(H,26,30)/t16-/m1/s1. The zero-order chi connectivity index (χ0) is 23.9. The number of nitrogens with one attached hydrogen (secondary N) is 1. The molecule has 1 aromatic carbocycles. The Bertz CT molecular complexity index is 755. The van der Waals surface area contributed by atoms with Crippen molar-refractivity contribution in [1.29, 1.82) is 0 Å². The Morgan fingerprint density at radius 2 is 1.66 bits per heavy atom. The van der Waals surface area contributed by atoms with Gasteiger partial charge in [-0.25, -0.2) is 4.79 Å². The summed E-state index contributed by atoms with van der Waals surface area (Å²) in [5.41, 5.74) is -1.33. The molecule has 1 heterocycles. The van der Waals surface area contributed by atoms with E-state index in [1.165, 1.54) is 12.1 Å². The van der Waals surface area contributed by atoms with E-state index < -0.39 is 29.5 Å². The Hall–Kier alpha value is -2.49. The van der Waals surface area contributed by atoms with Crippen LogP contribution in [0.15, 0.2) is 24.3 Å². The number of alkyl carbamates (subject to hydrolysis) is 1. The molecule has 1 aliphatic heterocycles. The average Bonchev–Trinajstić information content (AvgIpc) is 2.69. The van der Waals surface area contributed by atoms with E-state index in [0.29, 0.717) is 45.0 Å². The van der Waals surface area contributed by atoms with Gasteiger partial charge in [0, 0.05) is 32.7 Å². The molecule has 0 bridgehead atoms. The van der Waals surface area contributed by atoms with Crippen molar-refractivity contribution >= 4 is 12.0 Å². The number of amides is 2. The monoisotopic (exact) mass is 459 g/mol. The third-order valence-electron chi connectivity index (χ3n) is 4.86. The molecule has 1 aliphatic rings. The SMILES string of the molecule is C[C@@H](NC(=O)OC(C)(C)C)C(=O)N1CCN(CCCOc2ccc(C(F)(F)F)cc2)CC1. The van der Waals surface area contributed by atoms with Gasteiger partial charge >= 0.3 is 12.3 Å². The normalized spacial score (nSPS) is 16.4. The molecule has 10 heteroatoms. The average molecular weight is 460 g/mol. The molecule has 180 valence electrons. The molecule has 0 spiro atoms. The van der Waals surface area contributed by atoms with Crippen LogP contribution in [0.5, 0.6) is 5.75 Å². The first-order chi connectivity index (χ1) is 14.8. The van der Waals surface area contributed by atoms with E-state index in [-0.39, 0.29) is 5.91 Å². The van der Waals surface area contributed by atoms with Crippen LogP contribution in [0.2, 0.25) is 0 Å². The van der Waals surface area contributed by atoms with E-state index in [2.05, 4.69) is 10.2 Å². The lowest BCUT2D eigenvalue weighted by molar-refractivity contribution is -0.137. The molecule has 32 heavy (non-hydrogen) atoms. The van der Waals surface area contributed by atoms with Crippen molar-refractivity contribution in [2.45, 2.75) is 51.9 Å². The molecular formula is C22H32F3N3O4. The number of hydrogen-bond donors (Lipinski definition) is 1. The number of alkyl halides is 3. The molecule has 0 unspecified atom stereocenters. The number of ether oxygens (including phenoxy) is 2. The van der Waals surface area contributed by atoms with Crippen molar-refractivity contribution in [3.63, 3.8) is 0 Å². The number of benzene rings is 1. The van der Waals surface area contributed by atoms with Gasteiger partial charge in [0.2, 0.25) is 5.91 Å². The molecular weight excluding hydrogens is 427 g/mol. The summed E-state index contributed by atoms with van der Waals surface area (Å²) in [5.74, 6) is 0.251. The lowest BCUT2D eigenvalue weighted by Gasteiger charge is -2.36. The van der Waals surface area contributed by atoms with Gasteiger partial charge in [0.05, 0.1) is 12.2 Å². The van der Waals surface area contributed by atoms with Crippen molar-refractivity contribution in [2.24, 2.45) is 0 Å². The Labute approximate surface area is 186 Å². The predicted octanol–water partition coefficient (Wildman–Crippen LogP) is 3.53. The van der Waals surface area contributed by atoms with Crippen LogP contribution in [0.25, 0.3) is 0 Å². The first-order valence-electron chi connectivity index (χ1n) is 10.7. The van der Waals surface area contributed by atoms with Crippen molar-refractivity contribution in [1.82, 2.24) is 15.1 Å². The molecule has 1 N–H and O–H groups in total. The molecule has 7 nitrogen and oxygen atoms in total. The van der Waals surface area contributed by atoms with Gasteiger partial charge in [0.1, 0.15) is 17.4 Å². The fourth-order valence-electron chi connectivity index (χ4n) is 3.23. The second-order valence-electron chi connectivity index (χ2n) is 8.76. The summed E-state index contributed by atoms with van der Waals surface area (Å²) in [4.78, 5) is 28.3. The summed E-state index contributed by atoms with van der Waals surface area (Å²) >= 11 is 0. The maximum atomic E-state index is 12.6. The van der Waals surface area contributed by atoms with Gasteiger partial charge in [-0.1, -0.05) is 0 Å². The number of carbonyl (C=O) groups excluding carboxylic acids is 2. The van der Waals surface area contributed by atoms with Gasteiger partial charge in [0.25, 0.3) is 0 Å². The smallest absolute Gasteiger partial charge is 0.416 e. The van der Waals surface area contributed by atoms with Crippen LogP contribution in [-0.2, 0) is 15.7 Å². The van der Waals surface area contributed by atoms with Gasteiger partial charge in [-0.3, -0.25) is 9.69 Å². The molecule has 2 amide bonds. The number of hydrogen-bond acceptors (Lipinski definition) is 5. The summed E-state index contributed by atoms with van der Waals surface area (Å²) in [5, 5.41) is 2.57. The summed E-state index contributed by atoms with van der Waals surface area (Å²) in [6.07, 6.45) is -4.26. The van der Waals surface area contributed by atoms with Crippen LogP contribution in [-0.4, -0.2) is 72.8 Å². The first-order valence-corrected chi connectivity index (χ1v) is 10.7. The minimum atomic E-state index is -4.36. The van der Waals surface area contributed by atoms with Crippen LogP contribution < -0.4 is 10.1 Å². The van der Waals surface area contributed by atoms with Crippen LogP contribution in [0, 0.1) is 0 Å². The maximum absolute atomic E-state index is 12.6. The molecule has 0 saturated carbocycles. The third-order valence-corrected chi connectivity index (χ3v) is 4.86. The first kappa shape index (κ1) is 25.8. The lowest BCUT2D eigenvalue weighted by atomic mass is 10.2. The van der Waals surface area contributed by atoms with Crippen LogP contribution in [0.1, 0.15) is 39.7 Å². The van der Waals surface area contributed by atoms with Crippen LogP contribution >= 0.6 is 0 Å². The summed E-state index contributed by atoms with van der Waals surface area (Å²) in [7, 11) is 0. The molecule has 0 radical (unpaired) electrons. The van der Waals surface area contributed by atoms with E-state index in [4.69, 9.17) is 9.47 Å². The second-order valence-corrected chi connectivity index (χ2v) is 8.76. The zero-order valence-electron chi connectivity index (χ0n) is 19.0. The Morgan fingerprint density at radius 1 is 1.06 bits per heavy atom. The number of piperazine rings is 1. The molecule has 0 aliphatic carbocycles. The fraction of sp³-hybridized carbons (Fsp3) is 0.636. The van der Waals surface area contributed by atoms with Crippen molar-refractivity contribution in [2.75, 3.05) is 39.3 Å². The van der Waals surface area contributed by atoms with E-state index >= 15 is 0 Å². The molecule has 1 aromatic rings. The Balaban J connectivity index is 1.65. The molecule has 1 atom stereocenters. The Kier molecular flexibility index (Phi) is 8.77. The molecule has 0 aromatic heterocycles. The molecule has 1 fully saturated rings. The van der Waals surface area contributed by atoms with Gasteiger partial charge in [-0.2, -0.15) is 13.2 Å². The van der Waals surface area contributed by atoms with Crippen molar-refractivity contribution < 1.29 is 32.2 Å². The largest absolute Gasteiger partial charge is 0.494 e. The zero-order valence-corrected chi connectivity index (χ0v) is 19.0. The van der Waals surface area contributed by atoms with Crippen LogP contribution in [0.4, 0.5) is 18.0 Å². The third kappa shape index (κ3) is 8.57. The number of carbonyl (C=O) groups is 2. The second kappa shape index (κ2) is 10.9. The van der Waals surface area contributed by atoms with Gasteiger partial charge in [-0.05, 0) is 58.4 Å². The van der Waals surface area contributed by atoms with E-state index in [9.17, 15) is 22.8 Å². The van der Waals surface area contributed by atoms with E-state index in [1.807, 2.05) is 0 Å².